The van der Waals surface area contributed by atoms with Crippen LogP contribution in [0.15, 0.2) is 40.6 Å². The van der Waals surface area contributed by atoms with Crippen molar-refractivity contribution in [3.8, 4) is 5.75 Å². The van der Waals surface area contributed by atoms with Crippen molar-refractivity contribution >= 4 is 33.0 Å². The first kappa shape index (κ1) is 14.4. The van der Waals surface area contributed by atoms with E-state index in [-0.39, 0.29) is 21.2 Å². The number of hydrogen-bond donors (Lipinski definition) is 2. The first-order chi connectivity index (χ1) is 9.45. The molecule has 0 aliphatic rings. The Balaban J connectivity index is 2.37. The molecule has 8 heteroatoms. The van der Waals surface area contributed by atoms with Gasteiger partial charge in [-0.1, -0.05) is 12.1 Å². The van der Waals surface area contributed by atoms with Gasteiger partial charge in [0.25, 0.3) is 10.0 Å². The zero-order valence-electron chi connectivity index (χ0n) is 10.4. The zero-order chi connectivity index (χ0) is 14.8. The van der Waals surface area contributed by atoms with Crippen molar-refractivity contribution in [2.75, 3.05) is 11.8 Å². The summed E-state index contributed by atoms with van der Waals surface area (Å²) in [7, 11) is -2.77. The number of nitrogens with one attached hydrogen (secondary N) is 1. The summed E-state index contributed by atoms with van der Waals surface area (Å²) < 4.78 is 31.2. The lowest BCUT2D eigenvalue weighted by atomic mass is 10.3. The van der Waals surface area contributed by atoms with Gasteiger partial charge in [0.05, 0.1) is 12.8 Å². The molecule has 2 aromatic rings. The number of para-hydroxylation sites is 1. The third-order valence-corrected chi connectivity index (χ3v) is 4.74. The van der Waals surface area contributed by atoms with Gasteiger partial charge >= 0.3 is 5.97 Å². The number of sulfonamides is 1. The second kappa shape index (κ2) is 5.51. The van der Waals surface area contributed by atoms with Gasteiger partial charge in [-0.25, -0.2) is 13.2 Å². The minimum absolute atomic E-state index is 0.116. The summed E-state index contributed by atoms with van der Waals surface area (Å²) in [5.41, 5.74) is 0.116. The van der Waals surface area contributed by atoms with E-state index in [9.17, 15) is 18.3 Å². The fraction of sp³-hybridized carbons (Fsp3) is 0.0833. The summed E-state index contributed by atoms with van der Waals surface area (Å²) in [6.07, 6.45) is 0. The van der Waals surface area contributed by atoms with E-state index >= 15 is 0 Å². The molecule has 0 amide bonds. The maximum absolute atomic E-state index is 12.2. The third-order valence-electron chi connectivity index (χ3n) is 2.44. The maximum atomic E-state index is 12.2. The normalized spacial score (nSPS) is 11.1. The SMILES string of the molecule is COC(=O)c1sccc1NS(=O)(=O)c1ccccc1O. The number of anilines is 1. The number of rotatable bonds is 4. The standard InChI is InChI=1S/C12H11NO5S2/c1-18-12(15)11-8(6-7-19-11)13-20(16,17)10-5-3-2-4-9(10)14/h2-7,13-14H,1H3. The summed E-state index contributed by atoms with van der Waals surface area (Å²) in [5.74, 6) is -0.996. The lowest BCUT2D eigenvalue weighted by Crippen LogP contribution is -2.14. The van der Waals surface area contributed by atoms with Crippen molar-refractivity contribution in [1.29, 1.82) is 0 Å². The number of hydrogen-bond acceptors (Lipinski definition) is 6. The maximum Gasteiger partial charge on any atom is 0.350 e. The second-order valence-electron chi connectivity index (χ2n) is 3.73. The molecule has 0 fully saturated rings. The van der Waals surface area contributed by atoms with Crippen molar-refractivity contribution in [2.45, 2.75) is 4.90 Å². The molecular formula is C12H11NO5S2. The summed E-state index contributed by atoms with van der Waals surface area (Å²) >= 11 is 1.06. The molecular weight excluding hydrogens is 302 g/mol. The number of ether oxygens (including phenoxy) is 1. The molecule has 0 saturated heterocycles. The Bertz CT molecular complexity index is 736. The van der Waals surface area contributed by atoms with Crippen LogP contribution in [0.3, 0.4) is 0 Å². The Morgan fingerprint density at radius 2 is 2.00 bits per heavy atom. The highest BCUT2D eigenvalue weighted by Gasteiger charge is 2.22. The van der Waals surface area contributed by atoms with Crippen LogP contribution in [0.5, 0.6) is 5.75 Å². The van der Waals surface area contributed by atoms with Gasteiger partial charge in [0.1, 0.15) is 15.5 Å². The smallest absolute Gasteiger partial charge is 0.350 e. The predicted octanol–water partition coefficient (Wildman–Crippen LogP) is 2.04. The fourth-order valence-electron chi connectivity index (χ4n) is 1.52. The van der Waals surface area contributed by atoms with Crippen molar-refractivity contribution < 1.29 is 23.1 Å². The van der Waals surface area contributed by atoms with E-state index in [1.807, 2.05) is 0 Å². The van der Waals surface area contributed by atoms with Crippen LogP contribution in [0.2, 0.25) is 0 Å². The lowest BCUT2D eigenvalue weighted by Gasteiger charge is -2.09. The topological polar surface area (TPSA) is 92.7 Å². The number of aromatic hydroxyl groups is 1. The summed E-state index contributed by atoms with van der Waals surface area (Å²) in [6, 6.07) is 6.99. The van der Waals surface area contributed by atoms with Crippen molar-refractivity contribution in [1.82, 2.24) is 0 Å². The Morgan fingerprint density at radius 3 is 2.65 bits per heavy atom. The molecule has 0 aliphatic carbocycles. The molecule has 2 rings (SSSR count). The minimum atomic E-state index is -3.98. The van der Waals surface area contributed by atoms with Crippen LogP contribution in [-0.2, 0) is 14.8 Å². The molecule has 0 spiro atoms. The molecule has 0 aliphatic heterocycles. The van der Waals surface area contributed by atoms with Crippen LogP contribution >= 0.6 is 11.3 Å². The number of esters is 1. The molecule has 20 heavy (non-hydrogen) atoms. The first-order valence-corrected chi connectivity index (χ1v) is 7.78. The van der Waals surface area contributed by atoms with E-state index in [1.165, 1.54) is 37.4 Å². The quantitative estimate of drug-likeness (QED) is 0.843. The van der Waals surface area contributed by atoms with Crippen LogP contribution in [0.25, 0.3) is 0 Å². The van der Waals surface area contributed by atoms with Gasteiger partial charge in [0, 0.05) is 0 Å². The third kappa shape index (κ3) is 2.75. The van der Waals surface area contributed by atoms with E-state index in [2.05, 4.69) is 9.46 Å². The Morgan fingerprint density at radius 1 is 1.30 bits per heavy atom. The summed E-state index contributed by atoms with van der Waals surface area (Å²) in [4.78, 5) is 11.4. The number of phenols is 1. The molecule has 1 heterocycles. The van der Waals surface area contributed by atoms with Crippen LogP contribution in [-0.4, -0.2) is 26.6 Å². The van der Waals surface area contributed by atoms with Crippen molar-refractivity contribution in [3.05, 3.63) is 40.6 Å². The monoisotopic (exact) mass is 313 g/mol. The number of phenolic OH excluding ortho intramolecular Hbond substituents is 1. The van der Waals surface area contributed by atoms with Gasteiger partial charge in [0.2, 0.25) is 0 Å². The Kier molecular flexibility index (Phi) is 3.96. The van der Waals surface area contributed by atoms with Gasteiger partial charge in [0.15, 0.2) is 0 Å². The second-order valence-corrected chi connectivity index (χ2v) is 6.30. The number of benzene rings is 1. The number of methoxy groups -OCH3 is 1. The molecule has 0 bridgehead atoms. The highest BCUT2D eigenvalue weighted by atomic mass is 32.2. The average Bonchev–Trinajstić information content (AvgIpc) is 2.85. The van der Waals surface area contributed by atoms with Gasteiger partial charge in [-0.2, -0.15) is 0 Å². The molecule has 0 unspecified atom stereocenters. The van der Waals surface area contributed by atoms with Crippen molar-refractivity contribution in [3.63, 3.8) is 0 Å². The largest absolute Gasteiger partial charge is 0.507 e. The highest BCUT2D eigenvalue weighted by molar-refractivity contribution is 7.92. The molecule has 0 radical (unpaired) electrons. The summed E-state index contributed by atoms with van der Waals surface area (Å²) in [5, 5.41) is 11.2. The fourth-order valence-corrected chi connectivity index (χ4v) is 3.53. The number of carbonyl (C=O) groups excluding carboxylic acids is 1. The van der Waals surface area contributed by atoms with Gasteiger partial charge < -0.3 is 9.84 Å². The van der Waals surface area contributed by atoms with Crippen LogP contribution in [0.1, 0.15) is 9.67 Å². The molecule has 0 saturated carbocycles. The van der Waals surface area contributed by atoms with Crippen LogP contribution in [0.4, 0.5) is 5.69 Å². The minimum Gasteiger partial charge on any atom is -0.507 e. The molecule has 0 atom stereocenters. The lowest BCUT2D eigenvalue weighted by molar-refractivity contribution is 0.0607. The number of thiophene rings is 1. The van der Waals surface area contributed by atoms with E-state index in [0.29, 0.717) is 0 Å². The molecule has 1 aromatic carbocycles. The Labute approximate surface area is 119 Å². The van der Waals surface area contributed by atoms with Gasteiger partial charge in [-0.3, -0.25) is 4.72 Å². The number of carbonyl (C=O) groups is 1. The Hall–Kier alpha value is -2.06. The predicted molar refractivity (Wildman–Crippen MR) is 74.6 cm³/mol. The van der Waals surface area contributed by atoms with Crippen LogP contribution < -0.4 is 4.72 Å². The average molecular weight is 313 g/mol. The first-order valence-electron chi connectivity index (χ1n) is 5.42. The molecule has 2 N–H and O–H groups in total. The van der Waals surface area contributed by atoms with Crippen molar-refractivity contribution in [2.24, 2.45) is 0 Å². The zero-order valence-corrected chi connectivity index (χ0v) is 12.0. The van der Waals surface area contributed by atoms with Gasteiger partial charge in [-0.15, -0.1) is 11.3 Å². The van der Waals surface area contributed by atoms with E-state index in [1.54, 1.807) is 5.38 Å². The molecule has 1 aromatic heterocycles. The highest BCUT2D eigenvalue weighted by Crippen LogP contribution is 2.28. The van der Waals surface area contributed by atoms with Gasteiger partial charge in [-0.05, 0) is 23.6 Å². The van der Waals surface area contributed by atoms with E-state index in [4.69, 9.17) is 0 Å². The van der Waals surface area contributed by atoms with Crippen LogP contribution in [0, 0.1) is 0 Å². The van der Waals surface area contributed by atoms with E-state index in [0.717, 1.165) is 11.3 Å². The summed E-state index contributed by atoms with van der Waals surface area (Å²) in [6.45, 7) is 0. The molecule has 106 valence electrons. The molecule has 6 nitrogen and oxygen atoms in total. The van der Waals surface area contributed by atoms with E-state index < -0.39 is 16.0 Å².